The number of aromatic amines is 1. The molecule has 3 heterocycles. The predicted octanol–water partition coefficient (Wildman–Crippen LogP) is 1.39. The van der Waals surface area contributed by atoms with Crippen molar-refractivity contribution in [3.8, 4) is 23.3 Å². The van der Waals surface area contributed by atoms with Crippen molar-refractivity contribution in [2.24, 2.45) is 0 Å². The molecule has 9 nitrogen and oxygen atoms in total. The summed E-state index contributed by atoms with van der Waals surface area (Å²) in [6.07, 6.45) is -1.09. The Morgan fingerprint density at radius 3 is 2.64 bits per heavy atom. The zero-order valence-electron chi connectivity index (χ0n) is 17.3. The van der Waals surface area contributed by atoms with Crippen LogP contribution in [0.2, 0.25) is 0 Å². The molecule has 1 aliphatic rings. The van der Waals surface area contributed by atoms with Gasteiger partial charge in [0.25, 0.3) is 5.56 Å². The lowest BCUT2D eigenvalue weighted by molar-refractivity contribution is -0.0459. The molecule has 0 amide bonds. The number of aliphatic hydroxyl groups excluding tert-OH is 2. The van der Waals surface area contributed by atoms with Crippen LogP contribution in [0.15, 0.2) is 68.7 Å². The van der Waals surface area contributed by atoms with Gasteiger partial charge in [-0.05, 0) is 36.4 Å². The molecular weight excluding hydrogens is 426 g/mol. The number of ether oxygens (including phenoxy) is 1. The van der Waals surface area contributed by atoms with Gasteiger partial charge in [0.05, 0.1) is 12.7 Å². The van der Waals surface area contributed by atoms with Crippen LogP contribution in [0.3, 0.4) is 0 Å². The Bertz CT molecular complexity index is 1460. The lowest BCUT2D eigenvalue weighted by Gasteiger charge is -2.14. The molecule has 1 saturated heterocycles. The standard InChI is InChI=1S/C24H19N3O6/c28-13-20-18(29)11-21(32-20)27-12-16(22(30)26-24(27)31)10-7-14-5-8-15(9-6-14)23-25-17-3-1-2-4-19(17)33-23/h1-6,8-9,12,18,20-21,28-29H,11,13H2,(H,26,30,31)/t18?,20-,21-/m0/s1. The highest BCUT2D eigenvalue weighted by Gasteiger charge is 2.35. The molecule has 0 saturated carbocycles. The van der Waals surface area contributed by atoms with Crippen LogP contribution in [0.25, 0.3) is 22.6 Å². The third-order valence-corrected chi connectivity index (χ3v) is 5.43. The van der Waals surface area contributed by atoms with Crippen LogP contribution >= 0.6 is 0 Å². The molecule has 3 atom stereocenters. The number of hydrogen-bond donors (Lipinski definition) is 3. The van der Waals surface area contributed by atoms with Crippen LogP contribution in [0.5, 0.6) is 0 Å². The van der Waals surface area contributed by atoms with Crippen molar-refractivity contribution < 1.29 is 19.4 Å². The third kappa shape index (κ3) is 4.10. The molecule has 166 valence electrons. The Morgan fingerprint density at radius 1 is 1.12 bits per heavy atom. The molecule has 5 rings (SSSR count). The number of para-hydroxylation sites is 2. The average molecular weight is 445 g/mol. The first-order chi connectivity index (χ1) is 16.0. The number of fused-ring (bicyclic) bond motifs is 1. The summed E-state index contributed by atoms with van der Waals surface area (Å²) in [6.45, 7) is -0.373. The van der Waals surface area contributed by atoms with Gasteiger partial charge in [-0.2, -0.15) is 0 Å². The van der Waals surface area contributed by atoms with Crippen molar-refractivity contribution in [1.29, 1.82) is 0 Å². The normalized spacial score (nSPS) is 20.0. The molecule has 3 N–H and O–H groups in total. The molecule has 0 bridgehead atoms. The maximum Gasteiger partial charge on any atom is 0.330 e. The van der Waals surface area contributed by atoms with Crippen molar-refractivity contribution in [3.63, 3.8) is 0 Å². The van der Waals surface area contributed by atoms with Gasteiger partial charge in [-0.3, -0.25) is 14.3 Å². The molecular formula is C24H19N3O6. The number of H-pyrrole nitrogens is 1. The van der Waals surface area contributed by atoms with Crippen molar-refractivity contribution in [3.05, 3.63) is 86.7 Å². The lowest BCUT2D eigenvalue weighted by atomic mass is 10.1. The van der Waals surface area contributed by atoms with Gasteiger partial charge in [-0.1, -0.05) is 24.0 Å². The first-order valence-electron chi connectivity index (χ1n) is 10.3. The van der Waals surface area contributed by atoms with Crippen molar-refractivity contribution in [2.45, 2.75) is 24.9 Å². The van der Waals surface area contributed by atoms with Crippen LogP contribution in [0.4, 0.5) is 0 Å². The summed E-state index contributed by atoms with van der Waals surface area (Å²) in [5, 5.41) is 19.2. The summed E-state index contributed by atoms with van der Waals surface area (Å²) in [4.78, 5) is 31.1. The SMILES string of the molecule is O=c1[nH]c(=O)n([C@@H]2CC(O)[C@H](CO)O2)cc1C#Cc1ccc(-c2nc3ccccc3o2)cc1. The fourth-order valence-electron chi connectivity index (χ4n) is 3.67. The van der Waals surface area contributed by atoms with E-state index in [0.717, 1.165) is 11.1 Å². The van der Waals surface area contributed by atoms with Gasteiger partial charge in [-0.25, -0.2) is 9.78 Å². The Morgan fingerprint density at radius 2 is 1.91 bits per heavy atom. The number of rotatable bonds is 3. The largest absolute Gasteiger partial charge is 0.436 e. The molecule has 0 aliphatic carbocycles. The molecule has 1 aliphatic heterocycles. The molecule has 2 aromatic carbocycles. The van der Waals surface area contributed by atoms with Gasteiger partial charge >= 0.3 is 5.69 Å². The highest BCUT2D eigenvalue weighted by Crippen LogP contribution is 2.27. The van der Waals surface area contributed by atoms with Gasteiger partial charge < -0.3 is 19.4 Å². The minimum atomic E-state index is -0.909. The van der Waals surface area contributed by atoms with Crippen LogP contribution in [0.1, 0.15) is 23.8 Å². The summed E-state index contributed by atoms with van der Waals surface area (Å²) in [5.41, 5.74) is 1.69. The Kier molecular flexibility index (Phi) is 5.40. The topological polar surface area (TPSA) is 131 Å². The van der Waals surface area contributed by atoms with Crippen LogP contribution in [-0.4, -0.2) is 43.6 Å². The van der Waals surface area contributed by atoms with Crippen molar-refractivity contribution in [1.82, 2.24) is 14.5 Å². The van der Waals surface area contributed by atoms with E-state index in [9.17, 15) is 19.8 Å². The van der Waals surface area contributed by atoms with E-state index < -0.39 is 29.7 Å². The van der Waals surface area contributed by atoms with E-state index in [1.807, 2.05) is 36.4 Å². The number of benzene rings is 2. The van der Waals surface area contributed by atoms with E-state index in [1.54, 1.807) is 12.1 Å². The quantitative estimate of drug-likeness (QED) is 0.406. The van der Waals surface area contributed by atoms with Gasteiger partial charge in [0.15, 0.2) is 5.58 Å². The molecule has 1 unspecified atom stereocenters. The maximum absolute atomic E-state index is 12.2. The van der Waals surface area contributed by atoms with E-state index in [0.29, 0.717) is 17.0 Å². The molecule has 1 fully saturated rings. The minimum Gasteiger partial charge on any atom is -0.436 e. The Balaban J connectivity index is 1.40. The average Bonchev–Trinajstić information content (AvgIpc) is 3.42. The smallest absolute Gasteiger partial charge is 0.330 e. The molecule has 2 aromatic heterocycles. The van der Waals surface area contributed by atoms with Crippen LogP contribution in [0, 0.1) is 11.8 Å². The highest BCUT2D eigenvalue weighted by molar-refractivity contribution is 5.76. The fourth-order valence-corrected chi connectivity index (χ4v) is 3.67. The van der Waals surface area contributed by atoms with E-state index in [1.165, 1.54) is 10.8 Å². The first-order valence-corrected chi connectivity index (χ1v) is 10.3. The zero-order chi connectivity index (χ0) is 22.9. The number of nitrogens with zero attached hydrogens (tertiary/aromatic N) is 2. The summed E-state index contributed by atoms with van der Waals surface area (Å²) < 4.78 is 12.4. The summed E-state index contributed by atoms with van der Waals surface area (Å²) in [7, 11) is 0. The zero-order valence-corrected chi connectivity index (χ0v) is 17.3. The molecule has 0 radical (unpaired) electrons. The number of nitrogens with one attached hydrogen (secondary N) is 1. The van der Waals surface area contributed by atoms with Crippen LogP contribution in [-0.2, 0) is 4.74 Å². The Labute approximate surface area is 186 Å². The number of aliphatic hydroxyl groups is 2. The molecule has 9 heteroatoms. The van der Waals surface area contributed by atoms with E-state index in [2.05, 4.69) is 21.8 Å². The van der Waals surface area contributed by atoms with E-state index >= 15 is 0 Å². The lowest BCUT2D eigenvalue weighted by Crippen LogP contribution is -2.33. The van der Waals surface area contributed by atoms with Gasteiger partial charge in [-0.15, -0.1) is 0 Å². The predicted molar refractivity (Wildman–Crippen MR) is 118 cm³/mol. The second-order valence-electron chi connectivity index (χ2n) is 7.64. The summed E-state index contributed by atoms with van der Waals surface area (Å²) in [5.74, 6) is 6.18. The summed E-state index contributed by atoms with van der Waals surface area (Å²) in [6, 6.07) is 14.7. The molecule has 33 heavy (non-hydrogen) atoms. The molecule has 4 aromatic rings. The van der Waals surface area contributed by atoms with Gasteiger partial charge in [0.1, 0.15) is 23.4 Å². The number of aromatic nitrogens is 3. The maximum atomic E-state index is 12.2. The summed E-state index contributed by atoms with van der Waals surface area (Å²) >= 11 is 0. The first kappa shape index (κ1) is 20.9. The highest BCUT2D eigenvalue weighted by atomic mass is 16.5. The Hall–Kier alpha value is -3.97. The minimum absolute atomic E-state index is 0.0724. The van der Waals surface area contributed by atoms with E-state index in [4.69, 9.17) is 9.15 Å². The van der Waals surface area contributed by atoms with Crippen LogP contribution < -0.4 is 11.2 Å². The fraction of sp³-hybridized carbons (Fsp3) is 0.208. The third-order valence-electron chi connectivity index (χ3n) is 5.43. The second-order valence-corrected chi connectivity index (χ2v) is 7.64. The van der Waals surface area contributed by atoms with E-state index in [-0.39, 0.29) is 18.6 Å². The number of oxazole rings is 1. The monoisotopic (exact) mass is 445 g/mol. The molecule has 0 spiro atoms. The number of hydrogen-bond acceptors (Lipinski definition) is 7. The van der Waals surface area contributed by atoms with Crippen molar-refractivity contribution in [2.75, 3.05) is 6.61 Å². The van der Waals surface area contributed by atoms with Crippen molar-refractivity contribution >= 4 is 11.1 Å². The van der Waals surface area contributed by atoms with Gasteiger partial charge in [0.2, 0.25) is 5.89 Å². The second kappa shape index (κ2) is 8.52. The van der Waals surface area contributed by atoms with Gasteiger partial charge in [0, 0.05) is 23.7 Å².